The summed E-state index contributed by atoms with van der Waals surface area (Å²) < 4.78 is 13.6. The van der Waals surface area contributed by atoms with Gasteiger partial charge in [0.25, 0.3) is 5.56 Å². The molecule has 2 aliphatic rings. The molecule has 1 aromatic heterocycles. The summed E-state index contributed by atoms with van der Waals surface area (Å²) in [5.41, 5.74) is -2.12. The minimum absolute atomic E-state index is 0.379. The molecule has 1 fully saturated rings. The molecule has 7 heteroatoms. The maximum Gasteiger partial charge on any atom is 0.336 e. The van der Waals surface area contributed by atoms with Gasteiger partial charge in [-0.05, 0) is 30.6 Å². The van der Waals surface area contributed by atoms with Crippen molar-refractivity contribution in [1.82, 2.24) is 14.9 Å². The Balaban J connectivity index is 1.67. The second-order valence-corrected chi connectivity index (χ2v) is 5.36. The largest absolute Gasteiger partial charge is 0.336 e. The number of halogens is 1. The highest BCUT2D eigenvalue weighted by molar-refractivity contribution is 5.77. The number of aromatic amines is 1. The first-order valence-electron chi connectivity index (χ1n) is 6.72. The van der Waals surface area contributed by atoms with Gasteiger partial charge in [0.2, 0.25) is 5.82 Å². The van der Waals surface area contributed by atoms with Gasteiger partial charge in [0.05, 0.1) is 6.20 Å². The van der Waals surface area contributed by atoms with Gasteiger partial charge < -0.3 is 5.32 Å². The molecular weight excluding hydrogens is 277 g/mol. The molecule has 2 aliphatic carbocycles. The number of carbonyl (C=O) groups is 1. The van der Waals surface area contributed by atoms with Crippen molar-refractivity contribution in [3.8, 4) is 0 Å². The monoisotopic (exact) mass is 291 g/mol. The highest BCUT2D eigenvalue weighted by atomic mass is 19.1. The van der Waals surface area contributed by atoms with Gasteiger partial charge in [-0.1, -0.05) is 18.2 Å². The summed E-state index contributed by atoms with van der Waals surface area (Å²) in [6.07, 6.45) is 10.5. The maximum absolute atomic E-state index is 13.1. The molecule has 2 bridgehead atoms. The fraction of sp³-hybridized carbons (Fsp3) is 0.357. The van der Waals surface area contributed by atoms with Crippen molar-refractivity contribution in [2.24, 2.45) is 17.8 Å². The molecule has 1 heterocycles. The second kappa shape index (κ2) is 5.16. The van der Waals surface area contributed by atoms with Gasteiger partial charge in [-0.2, -0.15) is 4.39 Å². The lowest BCUT2D eigenvalue weighted by atomic mass is 9.94. The van der Waals surface area contributed by atoms with E-state index in [9.17, 15) is 18.8 Å². The van der Waals surface area contributed by atoms with E-state index in [1.165, 1.54) is 6.20 Å². The van der Waals surface area contributed by atoms with Crippen LogP contribution in [0.5, 0.6) is 0 Å². The molecule has 1 aromatic rings. The maximum atomic E-state index is 13.1. The van der Waals surface area contributed by atoms with Crippen molar-refractivity contribution in [1.29, 1.82) is 0 Å². The van der Waals surface area contributed by atoms with Crippen molar-refractivity contribution >= 4 is 6.03 Å². The van der Waals surface area contributed by atoms with E-state index in [2.05, 4.69) is 17.5 Å². The number of hydrogen-bond acceptors (Lipinski definition) is 3. The van der Waals surface area contributed by atoms with Gasteiger partial charge in [-0.3, -0.25) is 9.78 Å². The van der Waals surface area contributed by atoms with Crippen LogP contribution in [0.3, 0.4) is 0 Å². The Morgan fingerprint density at radius 3 is 2.86 bits per heavy atom. The highest BCUT2D eigenvalue weighted by Crippen LogP contribution is 2.43. The molecule has 0 spiro atoms. The van der Waals surface area contributed by atoms with E-state index in [-0.39, 0.29) is 0 Å². The molecule has 0 saturated heterocycles. The van der Waals surface area contributed by atoms with Gasteiger partial charge in [-0.15, -0.1) is 0 Å². The summed E-state index contributed by atoms with van der Waals surface area (Å²) in [6.45, 7) is 0. The van der Waals surface area contributed by atoms with Gasteiger partial charge in [0.15, 0.2) is 0 Å². The fourth-order valence-corrected chi connectivity index (χ4v) is 2.96. The first-order chi connectivity index (χ1) is 10.0. The predicted octanol–water partition coefficient (Wildman–Crippen LogP) is 0.959. The van der Waals surface area contributed by atoms with Crippen LogP contribution in [0, 0.1) is 23.6 Å². The quantitative estimate of drug-likeness (QED) is 0.796. The van der Waals surface area contributed by atoms with E-state index in [0.717, 1.165) is 12.8 Å². The standard InChI is InChI=1S/C14H14FN3O3/c15-11-7-18(14(21)17-12(11)19)13(20)16-4-3-10-6-8-1-2-9(10)5-8/h1-4,7-10H,5-6H2,(H,16,20)(H,17,19,21). The van der Waals surface area contributed by atoms with Crippen LogP contribution >= 0.6 is 0 Å². The summed E-state index contributed by atoms with van der Waals surface area (Å²) in [5.74, 6) is 0.323. The van der Waals surface area contributed by atoms with Crippen LogP contribution in [0.2, 0.25) is 0 Å². The molecule has 3 unspecified atom stereocenters. The van der Waals surface area contributed by atoms with Crippen molar-refractivity contribution in [2.45, 2.75) is 12.8 Å². The topological polar surface area (TPSA) is 84.0 Å². The number of hydrogen-bond donors (Lipinski definition) is 2. The number of nitrogens with zero attached hydrogens (tertiary/aromatic N) is 1. The third kappa shape index (κ3) is 2.58. The average molecular weight is 291 g/mol. The van der Waals surface area contributed by atoms with Crippen LogP contribution in [0.4, 0.5) is 9.18 Å². The molecular formula is C14H14FN3O3. The zero-order valence-electron chi connectivity index (χ0n) is 11.1. The number of nitrogens with one attached hydrogen (secondary N) is 2. The van der Waals surface area contributed by atoms with Crippen molar-refractivity contribution < 1.29 is 9.18 Å². The van der Waals surface area contributed by atoms with Crippen molar-refractivity contribution in [2.75, 3.05) is 0 Å². The van der Waals surface area contributed by atoms with E-state index in [4.69, 9.17) is 0 Å². The fourth-order valence-electron chi connectivity index (χ4n) is 2.96. The highest BCUT2D eigenvalue weighted by Gasteiger charge is 2.33. The van der Waals surface area contributed by atoms with Crippen LogP contribution in [0.1, 0.15) is 12.8 Å². The summed E-state index contributed by atoms with van der Waals surface area (Å²) in [7, 11) is 0. The number of carbonyl (C=O) groups excluding carboxylic acids is 1. The molecule has 2 N–H and O–H groups in total. The zero-order chi connectivity index (χ0) is 15.0. The Bertz CT molecular complexity index is 747. The summed E-state index contributed by atoms with van der Waals surface area (Å²) in [6, 6.07) is -0.815. The molecule has 1 amide bonds. The Labute approximate surface area is 119 Å². The average Bonchev–Trinajstić information content (AvgIpc) is 3.05. The van der Waals surface area contributed by atoms with E-state index >= 15 is 0 Å². The van der Waals surface area contributed by atoms with Gasteiger partial charge in [-0.25, -0.2) is 14.2 Å². The molecule has 3 atom stereocenters. The van der Waals surface area contributed by atoms with Gasteiger partial charge in [0.1, 0.15) is 0 Å². The van der Waals surface area contributed by atoms with Crippen LogP contribution in [-0.4, -0.2) is 15.6 Å². The lowest BCUT2D eigenvalue weighted by molar-refractivity contribution is 0.244. The van der Waals surface area contributed by atoms with E-state index in [1.807, 2.05) is 6.08 Å². The molecule has 1 saturated carbocycles. The molecule has 3 rings (SSSR count). The number of fused-ring (bicyclic) bond motifs is 2. The minimum Gasteiger partial charge on any atom is -0.314 e. The first kappa shape index (κ1) is 13.5. The molecule has 0 radical (unpaired) electrons. The molecule has 21 heavy (non-hydrogen) atoms. The van der Waals surface area contributed by atoms with Crippen molar-refractivity contribution in [3.63, 3.8) is 0 Å². The predicted molar refractivity (Wildman–Crippen MR) is 73.2 cm³/mol. The number of rotatable bonds is 2. The number of H-pyrrole nitrogens is 1. The van der Waals surface area contributed by atoms with E-state index in [1.54, 1.807) is 4.98 Å². The van der Waals surface area contributed by atoms with Crippen LogP contribution in [0.25, 0.3) is 0 Å². The van der Waals surface area contributed by atoms with Crippen LogP contribution in [0.15, 0.2) is 40.2 Å². The normalized spacial score (nSPS) is 26.6. The Morgan fingerprint density at radius 2 is 2.19 bits per heavy atom. The lowest BCUT2D eigenvalue weighted by Crippen LogP contribution is -2.39. The molecule has 0 aromatic carbocycles. The number of aromatic nitrogens is 2. The molecule has 6 nitrogen and oxygen atoms in total. The van der Waals surface area contributed by atoms with Crippen molar-refractivity contribution in [3.05, 3.63) is 57.3 Å². The second-order valence-electron chi connectivity index (χ2n) is 5.36. The van der Waals surface area contributed by atoms with Gasteiger partial charge >= 0.3 is 11.7 Å². The van der Waals surface area contributed by atoms with E-state index in [0.29, 0.717) is 28.5 Å². The number of amides is 1. The molecule has 0 aliphatic heterocycles. The van der Waals surface area contributed by atoms with Gasteiger partial charge in [0, 0.05) is 6.20 Å². The van der Waals surface area contributed by atoms with Crippen LogP contribution in [-0.2, 0) is 0 Å². The first-order valence-corrected chi connectivity index (χ1v) is 6.72. The summed E-state index contributed by atoms with van der Waals surface area (Å²) >= 11 is 0. The Kier molecular flexibility index (Phi) is 3.32. The zero-order valence-corrected chi connectivity index (χ0v) is 11.1. The lowest BCUT2D eigenvalue weighted by Gasteiger charge is -2.13. The third-order valence-electron chi connectivity index (χ3n) is 4.00. The Morgan fingerprint density at radius 1 is 1.38 bits per heavy atom. The Hall–Kier alpha value is -2.44. The smallest absolute Gasteiger partial charge is 0.314 e. The molecule has 110 valence electrons. The van der Waals surface area contributed by atoms with Crippen LogP contribution < -0.4 is 16.6 Å². The summed E-state index contributed by atoms with van der Waals surface area (Å²) in [5, 5.41) is 2.40. The van der Waals surface area contributed by atoms with E-state index < -0.39 is 23.1 Å². The third-order valence-corrected chi connectivity index (χ3v) is 4.00. The SMILES string of the molecule is O=C(NC=CC1CC2C=CC1C2)n1cc(F)c(=O)[nH]c1=O. The summed E-state index contributed by atoms with van der Waals surface area (Å²) in [4.78, 5) is 35.8. The minimum atomic E-state index is -1.19. The number of allylic oxidation sites excluding steroid dienone is 3.